The highest BCUT2D eigenvalue weighted by Gasteiger charge is 2.36. The third kappa shape index (κ3) is 9.21. The van der Waals surface area contributed by atoms with Crippen LogP contribution in [0.2, 0.25) is 6.04 Å². The number of amides is 1. The van der Waals surface area contributed by atoms with Gasteiger partial charge in [0.15, 0.2) is 0 Å². The van der Waals surface area contributed by atoms with Gasteiger partial charge in [-0.3, -0.25) is 4.79 Å². The Morgan fingerprint density at radius 1 is 1.14 bits per heavy atom. The van der Waals surface area contributed by atoms with Crippen molar-refractivity contribution in [3.05, 3.63) is 0 Å². The number of carbonyl (C=O) groups excluding carboxylic acids is 1. The molecule has 21 heavy (non-hydrogen) atoms. The van der Waals surface area contributed by atoms with Gasteiger partial charge in [0.2, 0.25) is 5.91 Å². The molecule has 6 nitrogen and oxygen atoms in total. The lowest BCUT2D eigenvalue weighted by Crippen LogP contribution is -2.43. The Hall–Kier alpha value is -0.473. The molecule has 1 unspecified atom stereocenters. The van der Waals surface area contributed by atoms with E-state index in [1.165, 1.54) is 0 Å². The Bertz CT molecular complexity index is 266. The summed E-state index contributed by atoms with van der Waals surface area (Å²) < 4.78 is 15.9. The molecule has 0 aliphatic heterocycles. The molecule has 0 aromatic heterocycles. The zero-order valence-electron chi connectivity index (χ0n) is 13.8. The van der Waals surface area contributed by atoms with Gasteiger partial charge in [0.25, 0.3) is 0 Å². The zero-order chi connectivity index (χ0) is 16.1. The second-order valence-corrected chi connectivity index (χ2v) is 8.17. The summed E-state index contributed by atoms with van der Waals surface area (Å²) in [6, 6.07) is 0.663. The summed E-state index contributed by atoms with van der Waals surface area (Å²) in [5.74, 6) is -0.0231. The van der Waals surface area contributed by atoms with Crippen molar-refractivity contribution >= 4 is 14.7 Å². The van der Waals surface area contributed by atoms with E-state index in [9.17, 15) is 9.90 Å². The normalized spacial score (nSPS) is 13.2. The van der Waals surface area contributed by atoms with E-state index < -0.39 is 8.80 Å². The summed E-state index contributed by atoms with van der Waals surface area (Å²) in [6.07, 6.45) is 4.10. The second-order valence-electron chi connectivity index (χ2n) is 5.08. The smallest absolute Gasteiger partial charge is 0.393 e. The topological polar surface area (TPSA) is 77.0 Å². The summed E-state index contributed by atoms with van der Waals surface area (Å²) >= 11 is 0. The molecule has 7 heteroatoms. The van der Waals surface area contributed by atoms with Crippen molar-refractivity contribution in [1.82, 2.24) is 5.32 Å². The fraction of sp³-hybridized carbons (Fsp3) is 0.929. The SMILES string of the molecule is CCCCC(O)CCC(=O)NCCC[Si](OC)(OC)OC. The minimum absolute atomic E-state index is 0.0231. The Morgan fingerprint density at radius 3 is 2.29 bits per heavy atom. The van der Waals surface area contributed by atoms with Crippen molar-refractivity contribution in [1.29, 1.82) is 0 Å². The van der Waals surface area contributed by atoms with Crippen LogP contribution in [0.15, 0.2) is 0 Å². The third-order valence-corrected chi connectivity index (χ3v) is 6.34. The van der Waals surface area contributed by atoms with Crippen molar-refractivity contribution in [2.75, 3.05) is 27.9 Å². The molecule has 0 fully saturated rings. The summed E-state index contributed by atoms with van der Waals surface area (Å²) in [7, 11) is 2.20. The lowest BCUT2D eigenvalue weighted by atomic mass is 10.1. The first-order valence-electron chi connectivity index (χ1n) is 7.63. The monoisotopic (exact) mass is 321 g/mol. The summed E-state index contributed by atoms with van der Waals surface area (Å²) in [5, 5.41) is 12.5. The van der Waals surface area contributed by atoms with Crippen LogP contribution >= 0.6 is 0 Å². The molecule has 0 radical (unpaired) electrons. The van der Waals surface area contributed by atoms with E-state index in [0.29, 0.717) is 25.4 Å². The van der Waals surface area contributed by atoms with Gasteiger partial charge >= 0.3 is 8.80 Å². The first kappa shape index (κ1) is 20.5. The molecule has 0 spiro atoms. The van der Waals surface area contributed by atoms with E-state index in [1.807, 2.05) is 0 Å². The molecule has 0 rings (SSSR count). The minimum atomic E-state index is -2.53. The van der Waals surface area contributed by atoms with Crippen molar-refractivity contribution < 1.29 is 23.2 Å². The number of rotatable bonds is 13. The van der Waals surface area contributed by atoms with Gasteiger partial charge in [0.1, 0.15) is 0 Å². The zero-order valence-corrected chi connectivity index (χ0v) is 14.8. The van der Waals surface area contributed by atoms with Crippen LogP contribution < -0.4 is 5.32 Å². The fourth-order valence-electron chi connectivity index (χ4n) is 2.06. The Morgan fingerprint density at radius 2 is 1.76 bits per heavy atom. The molecule has 0 aliphatic carbocycles. The van der Waals surface area contributed by atoms with Gasteiger partial charge in [-0.15, -0.1) is 0 Å². The predicted molar refractivity (Wildman–Crippen MR) is 84.0 cm³/mol. The van der Waals surface area contributed by atoms with Crippen LogP contribution in [0.5, 0.6) is 0 Å². The molecule has 0 aromatic rings. The molecule has 0 aromatic carbocycles. The van der Waals surface area contributed by atoms with Crippen molar-refractivity contribution in [3.8, 4) is 0 Å². The Kier molecular flexibility index (Phi) is 11.8. The van der Waals surface area contributed by atoms with Gasteiger partial charge in [-0.2, -0.15) is 0 Å². The largest absolute Gasteiger partial charge is 0.500 e. The van der Waals surface area contributed by atoms with Crippen molar-refractivity contribution in [2.45, 2.75) is 57.6 Å². The van der Waals surface area contributed by atoms with Crippen LogP contribution in [0.1, 0.15) is 45.4 Å². The standard InChI is InChI=1S/C14H31NO5Si/c1-5-6-8-13(16)9-10-14(17)15-11-7-12-21(18-2,19-3)20-4/h13,16H,5-12H2,1-4H3,(H,15,17). The van der Waals surface area contributed by atoms with E-state index in [1.54, 1.807) is 21.3 Å². The number of hydrogen-bond acceptors (Lipinski definition) is 5. The molecule has 0 aliphatic rings. The summed E-state index contributed by atoms with van der Waals surface area (Å²) in [4.78, 5) is 11.6. The Labute approximate surface area is 129 Å². The number of unbranched alkanes of at least 4 members (excludes halogenated alkanes) is 1. The summed E-state index contributed by atoms with van der Waals surface area (Å²) in [5.41, 5.74) is 0. The van der Waals surface area contributed by atoms with E-state index >= 15 is 0 Å². The fourth-order valence-corrected chi connectivity index (χ4v) is 3.78. The van der Waals surface area contributed by atoms with Crippen LogP contribution in [-0.4, -0.2) is 53.8 Å². The van der Waals surface area contributed by atoms with Gasteiger partial charge < -0.3 is 23.7 Å². The highest BCUT2D eigenvalue weighted by atomic mass is 28.4. The van der Waals surface area contributed by atoms with Gasteiger partial charge in [0.05, 0.1) is 6.10 Å². The lowest BCUT2D eigenvalue weighted by Gasteiger charge is -2.24. The van der Waals surface area contributed by atoms with Crippen LogP contribution in [0, 0.1) is 0 Å². The van der Waals surface area contributed by atoms with Crippen molar-refractivity contribution in [2.24, 2.45) is 0 Å². The molecule has 1 atom stereocenters. The highest BCUT2D eigenvalue weighted by Crippen LogP contribution is 2.14. The van der Waals surface area contributed by atoms with Gasteiger partial charge in [-0.05, 0) is 19.3 Å². The predicted octanol–water partition coefficient (Wildman–Crippen LogP) is 1.70. The molecule has 0 bridgehead atoms. The molecule has 0 saturated heterocycles. The van der Waals surface area contributed by atoms with Crippen LogP contribution in [-0.2, 0) is 18.1 Å². The number of hydrogen-bond donors (Lipinski definition) is 2. The van der Waals surface area contributed by atoms with Gasteiger partial charge in [0, 0.05) is 40.3 Å². The molecule has 126 valence electrons. The van der Waals surface area contributed by atoms with Crippen LogP contribution in [0.25, 0.3) is 0 Å². The average Bonchev–Trinajstić information content (AvgIpc) is 2.51. The first-order valence-corrected chi connectivity index (χ1v) is 9.57. The molecule has 2 N–H and O–H groups in total. The number of aliphatic hydroxyl groups excluding tert-OH is 1. The molecule has 0 saturated carbocycles. The van der Waals surface area contributed by atoms with E-state index in [4.69, 9.17) is 13.3 Å². The number of nitrogens with one attached hydrogen (secondary N) is 1. The van der Waals surface area contributed by atoms with E-state index in [2.05, 4.69) is 12.2 Å². The molecule has 1 amide bonds. The van der Waals surface area contributed by atoms with Crippen molar-refractivity contribution in [3.63, 3.8) is 0 Å². The summed E-state index contributed by atoms with van der Waals surface area (Å²) in [6.45, 7) is 2.65. The first-order chi connectivity index (χ1) is 10.0. The Balaban J connectivity index is 3.75. The average molecular weight is 321 g/mol. The maximum Gasteiger partial charge on any atom is 0.500 e. The van der Waals surface area contributed by atoms with Crippen LogP contribution in [0.4, 0.5) is 0 Å². The minimum Gasteiger partial charge on any atom is -0.393 e. The number of aliphatic hydroxyl groups is 1. The lowest BCUT2D eigenvalue weighted by molar-refractivity contribution is -0.121. The van der Waals surface area contributed by atoms with Gasteiger partial charge in [-0.1, -0.05) is 19.8 Å². The molecule has 0 heterocycles. The quantitative estimate of drug-likeness (QED) is 0.399. The van der Waals surface area contributed by atoms with E-state index in [-0.39, 0.29) is 12.0 Å². The molecular weight excluding hydrogens is 290 g/mol. The maximum absolute atomic E-state index is 11.6. The third-order valence-electron chi connectivity index (χ3n) is 3.51. The molecular formula is C14H31NO5Si. The van der Waals surface area contributed by atoms with Gasteiger partial charge in [-0.25, -0.2) is 0 Å². The number of carbonyl (C=O) groups is 1. The van der Waals surface area contributed by atoms with Crippen LogP contribution in [0.3, 0.4) is 0 Å². The second kappa shape index (κ2) is 12.1. The maximum atomic E-state index is 11.6. The van der Waals surface area contributed by atoms with E-state index in [0.717, 1.165) is 25.7 Å². The highest BCUT2D eigenvalue weighted by molar-refractivity contribution is 6.60.